The number of hydrogen-bond acceptors (Lipinski definition) is 1. The molecule has 4 nitrogen and oxygen atoms in total. The van der Waals surface area contributed by atoms with E-state index < -0.39 is 0 Å². The van der Waals surface area contributed by atoms with Crippen molar-refractivity contribution < 1.29 is 0 Å². The second kappa shape index (κ2) is 10.5. The van der Waals surface area contributed by atoms with E-state index >= 15 is 0 Å². The Morgan fingerprint density at radius 1 is 0.354 bits per heavy atom. The van der Waals surface area contributed by atoms with Gasteiger partial charge in [0.15, 0.2) is 0 Å². The summed E-state index contributed by atoms with van der Waals surface area (Å²) in [5.41, 5.74) is 10.3. The Morgan fingerprint density at radius 3 is 1.54 bits per heavy atom. The average molecular weight is 615 g/mol. The van der Waals surface area contributed by atoms with Crippen LogP contribution in [-0.2, 0) is 0 Å². The molecule has 0 saturated heterocycles. The van der Waals surface area contributed by atoms with Crippen LogP contribution in [0.4, 0.5) is 11.4 Å². The SMILES string of the molecule is c1ccc(N(c2ccccc2)n2c3cc4c(ccn4-c4ccccc4)cc3c3cc4c5ccccc5n(-c5ccccc5)c4cc32)cc1. The van der Waals surface area contributed by atoms with Crippen LogP contribution in [0.2, 0.25) is 0 Å². The fourth-order valence-electron chi connectivity index (χ4n) is 7.49. The number of benzene rings is 7. The molecular formula is C44H30N4. The molecule has 10 aromatic rings. The molecule has 0 bridgehead atoms. The standard InChI is InChI=1S/C44H30N4/c1-5-15-32(16-6-1)45-26-25-31-27-37-39-28-38-36-23-13-14-24-40(36)46(33-17-7-2-8-18-33)42(38)30-44(39)48(43(37)29-41(31)45)47(34-19-9-3-10-20-34)35-21-11-4-12-22-35/h1-30H. The van der Waals surface area contributed by atoms with Crippen LogP contribution in [0, 0.1) is 0 Å². The van der Waals surface area contributed by atoms with Crippen LogP contribution in [0.3, 0.4) is 0 Å². The van der Waals surface area contributed by atoms with Crippen LogP contribution < -0.4 is 5.01 Å². The number of nitrogens with zero attached hydrogens (tertiary/aromatic N) is 4. The molecule has 0 amide bonds. The molecule has 0 radical (unpaired) electrons. The Labute approximate surface area is 277 Å². The van der Waals surface area contributed by atoms with Gasteiger partial charge >= 0.3 is 0 Å². The van der Waals surface area contributed by atoms with Crippen molar-refractivity contribution in [2.24, 2.45) is 0 Å². The average Bonchev–Trinajstić information content (AvgIpc) is 3.81. The van der Waals surface area contributed by atoms with Crippen molar-refractivity contribution in [1.82, 2.24) is 13.8 Å². The molecule has 10 rings (SSSR count). The van der Waals surface area contributed by atoms with Gasteiger partial charge in [0.25, 0.3) is 0 Å². The van der Waals surface area contributed by atoms with E-state index in [-0.39, 0.29) is 0 Å². The molecule has 0 aliphatic heterocycles. The summed E-state index contributed by atoms with van der Waals surface area (Å²) < 4.78 is 7.12. The van der Waals surface area contributed by atoms with Crippen LogP contribution in [0.5, 0.6) is 0 Å². The van der Waals surface area contributed by atoms with E-state index in [1.54, 1.807) is 0 Å². The minimum Gasteiger partial charge on any atom is -0.316 e. The summed E-state index contributed by atoms with van der Waals surface area (Å²) in [6, 6.07) is 63.2. The van der Waals surface area contributed by atoms with Gasteiger partial charge in [0.05, 0.1) is 39.0 Å². The van der Waals surface area contributed by atoms with Gasteiger partial charge in [0.1, 0.15) is 0 Å². The highest BCUT2D eigenvalue weighted by atomic mass is 15.6. The van der Waals surface area contributed by atoms with E-state index in [0.29, 0.717) is 0 Å². The van der Waals surface area contributed by atoms with Crippen LogP contribution in [0.25, 0.3) is 65.9 Å². The number of para-hydroxylation sites is 5. The molecule has 48 heavy (non-hydrogen) atoms. The molecule has 0 spiro atoms. The number of hydrogen-bond donors (Lipinski definition) is 0. The van der Waals surface area contributed by atoms with E-state index in [1.165, 1.54) is 43.5 Å². The maximum absolute atomic E-state index is 2.42. The van der Waals surface area contributed by atoms with Crippen molar-refractivity contribution >= 4 is 65.9 Å². The summed E-state index contributed by atoms with van der Waals surface area (Å²) in [6.07, 6.45) is 2.18. The molecule has 0 aliphatic rings. The number of anilines is 2. The highest BCUT2D eigenvalue weighted by Gasteiger charge is 2.23. The third-order valence-electron chi connectivity index (χ3n) is 9.59. The molecule has 3 aromatic heterocycles. The quantitative estimate of drug-likeness (QED) is 0.189. The van der Waals surface area contributed by atoms with E-state index in [2.05, 4.69) is 201 Å². The van der Waals surface area contributed by atoms with Crippen LogP contribution in [0.15, 0.2) is 182 Å². The van der Waals surface area contributed by atoms with Crippen LogP contribution >= 0.6 is 0 Å². The van der Waals surface area contributed by atoms with Gasteiger partial charge in [-0.2, -0.15) is 0 Å². The molecule has 4 heteroatoms. The van der Waals surface area contributed by atoms with Crippen LogP contribution in [-0.4, -0.2) is 13.8 Å². The van der Waals surface area contributed by atoms with Gasteiger partial charge < -0.3 is 9.13 Å². The zero-order valence-electron chi connectivity index (χ0n) is 26.1. The maximum Gasteiger partial charge on any atom is 0.0737 e. The first-order chi connectivity index (χ1) is 23.8. The summed E-state index contributed by atoms with van der Waals surface area (Å²) in [5, 5.41) is 8.50. The topological polar surface area (TPSA) is 18.0 Å². The monoisotopic (exact) mass is 614 g/mol. The summed E-state index contributed by atoms with van der Waals surface area (Å²) in [6.45, 7) is 0. The Balaban J connectivity index is 1.39. The Hall–Kier alpha value is -6.52. The second-order valence-electron chi connectivity index (χ2n) is 12.3. The van der Waals surface area contributed by atoms with Crippen molar-refractivity contribution in [2.45, 2.75) is 0 Å². The van der Waals surface area contributed by atoms with E-state index in [1.807, 2.05) is 0 Å². The molecular weight excluding hydrogens is 585 g/mol. The minimum absolute atomic E-state index is 1.09. The Bertz CT molecular complexity index is 2720. The number of aromatic nitrogens is 3. The number of rotatable bonds is 5. The molecule has 0 fully saturated rings. The largest absolute Gasteiger partial charge is 0.316 e. The summed E-state index contributed by atoms with van der Waals surface area (Å²) in [4.78, 5) is 0. The van der Waals surface area contributed by atoms with Crippen LogP contribution in [0.1, 0.15) is 0 Å². The molecule has 0 saturated carbocycles. The van der Waals surface area contributed by atoms with Gasteiger partial charge in [-0.25, -0.2) is 9.69 Å². The zero-order chi connectivity index (χ0) is 31.6. The smallest absolute Gasteiger partial charge is 0.0737 e. The van der Waals surface area contributed by atoms with E-state index in [4.69, 9.17) is 0 Å². The fourth-order valence-corrected chi connectivity index (χ4v) is 7.49. The van der Waals surface area contributed by atoms with Crippen molar-refractivity contribution in [3.05, 3.63) is 182 Å². The maximum atomic E-state index is 2.42. The third-order valence-corrected chi connectivity index (χ3v) is 9.59. The van der Waals surface area contributed by atoms with Gasteiger partial charge in [0, 0.05) is 44.5 Å². The molecule has 3 heterocycles. The first kappa shape index (κ1) is 26.7. The van der Waals surface area contributed by atoms with Crippen molar-refractivity contribution in [1.29, 1.82) is 0 Å². The summed E-state index contributed by atoms with van der Waals surface area (Å²) in [7, 11) is 0. The van der Waals surface area contributed by atoms with Gasteiger partial charge in [-0.15, -0.1) is 0 Å². The molecule has 0 atom stereocenters. The lowest BCUT2D eigenvalue weighted by atomic mass is 10.1. The lowest BCUT2D eigenvalue weighted by Gasteiger charge is -2.28. The van der Waals surface area contributed by atoms with Crippen molar-refractivity contribution in [3.63, 3.8) is 0 Å². The van der Waals surface area contributed by atoms with Gasteiger partial charge in [-0.1, -0.05) is 91.0 Å². The van der Waals surface area contributed by atoms with Gasteiger partial charge in [-0.3, -0.25) is 0 Å². The summed E-state index contributed by atoms with van der Waals surface area (Å²) in [5.74, 6) is 0. The highest BCUT2D eigenvalue weighted by molar-refractivity contribution is 6.20. The molecule has 7 aromatic carbocycles. The number of fused-ring (bicyclic) bond motifs is 7. The molecule has 0 unspecified atom stereocenters. The molecule has 226 valence electrons. The predicted octanol–water partition coefficient (Wildman–Crippen LogP) is 11.4. The summed E-state index contributed by atoms with van der Waals surface area (Å²) >= 11 is 0. The Morgan fingerprint density at radius 2 is 0.875 bits per heavy atom. The van der Waals surface area contributed by atoms with Gasteiger partial charge in [0.2, 0.25) is 0 Å². The lowest BCUT2D eigenvalue weighted by molar-refractivity contribution is 0.886. The fraction of sp³-hybridized carbons (Fsp3) is 0. The third kappa shape index (κ3) is 3.96. The highest BCUT2D eigenvalue weighted by Crippen LogP contribution is 2.42. The molecule has 0 aliphatic carbocycles. The predicted molar refractivity (Wildman–Crippen MR) is 201 cm³/mol. The van der Waals surface area contributed by atoms with E-state index in [9.17, 15) is 0 Å². The van der Waals surface area contributed by atoms with Gasteiger partial charge in [-0.05, 0) is 84.9 Å². The van der Waals surface area contributed by atoms with E-state index in [0.717, 1.165) is 33.8 Å². The normalized spacial score (nSPS) is 11.8. The zero-order valence-corrected chi connectivity index (χ0v) is 26.1. The molecule has 0 N–H and O–H groups in total. The first-order valence-corrected chi connectivity index (χ1v) is 16.4. The first-order valence-electron chi connectivity index (χ1n) is 16.4. The van der Waals surface area contributed by atoms with Crippen molar-refractivity contribution in [3.8, 4) is 11.4 Å². The second-order valence-corrected chi connectivity index (χ2v) is 12.3. The van der Waals surface area contributed by atoms with Crippen molar-refractivity contribution in [2.75, 3.05) is 5.01 Å². The Kier molecular flexibility index (Phi) is 5.84. The lowest BCUT2D eigenvalue weighted by Crippen LogP contribution is -2.23. The minimum atomic E-state index is 1.09.